The van der Waals surface area contributed by atoms with Gasteiger partial charge in [-0.05, 0) is 56.6 Å². The number of nitrogens with zero attached hydrogens (tertiary/aromatic N) is 1. The van der Waals surface area contributed by atoms with Gasteiger partial charge in [-0.25, -0.2) is 12.7 Å². The van der Waals surface area contributed by atoms with E-state index in [1.165, 1.54) is 18.4 Å². The van der Waals surface area contributed by atoms with Crippen molar-refractivity contribution < 1.29 is 13.2 Å². The van der Waals surface area contributed by atoms with Gasteiger partial charge in [-0.3, -0.25) is 4.79 Å². The third kappa shape index (κ3) is 5.42. The first-order valence-electron chi connectivity index (χ1n) is 9.93. The van der Waals surface area contributed by atoms with Crippen LogP contribution in [0.3, 0.4) is 0 Å². The maximum atomic E-state index is 12.7. The van der Waals surface area contributed by atoms with Crippen LogP contribution >= 0.6 is 0 Å². The van der Waals surface area contributed by atoms with Gasteiger partial charge >= 0.3 is 0 Å². The zero-order valence-electron chi connectivity index (χ0n) is 16.1. The van der Waals surface area contributed by atoms with E-state index in [4.69, 9.17) is 0 Å². The van der Waals surface area contributed by atoms with Crippen molar-refractivity contribution in [1.82, 2.24) is 9.62 Å². The molecule has 1 aromatic rings. The predicted molar refractivity (Wildman–Crippen MR) is 108 cm³/mol. The number of piperidine rings is 1. The standard InChI is InChI=1S/C21H30N2O3S/c1-17-7-5-6-10-20(17)16-27(25,26)23-13-11-19(12-14-23)21(24)22-15-18-8-3-2-4-9-18/h5-8,10,19H,2-4,9,11-16H2,1H3,(H,22,24). The van der Waals surface area contributed by atoms with Crippen LogP contribution in [0.15, 0.2) is 35.9 Å². The zero-order chi connectivity index (χ0) is 19.3. The first kappa shape index (κ1) is 20.1. The van der Waals surface area contributed by atoms with Crippen molar-refractivity contribution in [2.75, 3.05) is 19.6 Å². The van der Waals surface area contributed by atoms with E-state index in [0.29, 0.717) is 32.5 Å². The normalized spacial score (nSPS) is 19.5. The zero-order valence-corrected chi connectivity index (χ0v) is 16.9. The highest BCUT2D eigenvalue weighted by atomic mass is 32.2. The van der Waals surface area contributed by atoms with Crippen LogP contribution in [-0.2, 0) is 20.6 Å². The molecule has 148 valence electrons. The Bertz CT molecular complexity index is 793. The Hall–Kier alpha value is -1.66. The topological polar surface area (TPSA) is 66.5 Å². The number of carbonyl (C=O) groups is 1. The Morgan fingerprint density at radius 3 is 2.59 bits per heavy atom. The third-order valence-corrected chi connectivity index (χ3v) is 7.52. The van der Waals surface area contributed by atoms with Gasteiger partial charge in [-0.15, -0.1) is 0 Å². The van der Waals surface area contributed by atoms with E-state index in [2.05, 4.69) is 11.4 Å². The van der Waals surface area contributed by atoms with Gasteiger partial charge in [0.05, 0.1) is 5.75 Å². The molecule has 0 aromatic heterocycles. The summed E-state index contributed by atoms with van der Waals surface area (Å²) in [6.07, 6.45) is 8.07. The number of carbonyl (C=O) groups excluding carboxylic acids is 1. The van der Waals surface area contributed by atoms with E-state index in [-0.39, 0.29) is 17.6 Å². The van der Waals surface area contributed by atoms with Gasteiger partial charge in [0.1, 0.15) is 0 Å². The summed E-state index contributed by atoms with van der Waals surface area (Å²) in [6, 6.07) is 7.59. The van der Waals surface area contributed by atoms with Gasteiger partial charge in [0.25, 0.3) is 0 Å². The fraction of sp³-hybridized carbons (Fsp3) is 0.571. The van der Waals surface area contributed by atoms with Gasteiger partial charge in [0.15, 0.2) is 0 Å². The molecule has 1 heterocycles. The third-order valence-electron chi connectivity index (χ3n) is 5.69. The van der Waals surface area contributed by atoms with Gasteiger partial charge in [-0.1, -0.05) is 35.9 Å². The SMILES string of the molecule is Cc1ccccc1CS(=O)(=O)N1CCC(C(=O)NCC2=CCCCC2)CC1. The molecule has 0 saturated carbocycles. The lowest BCUT2D eigenvalue weighted by Crippen LogP contribution is -2.43. The summed E-state index contributed by atoms with van der Waals surface area (Å²) in [6.45, 7) is 3.43. The second-order valence-electron chi connectivity index (χ2n) is 7.68. The molecule has 1 aliphatic heterocycles. The van der Waals surface area contributed by atoms with E-state index in [9.17, 15) is 13.2 Å². The van der Waals surface area contributed by atoms with Crippen molar-refractivity contribution >= 4 is 15.9 Å². The molecule has 1 fully saturated rings. The van der Waals surface area contributed by atoms with E-state index in [0.717, 1.165) is 24.0 Å². The van der Waals surface area contributed by atoms with Gasteiger partial charge < -0.3 is 5.32 Å². The van der Waals surface area contributed by atoms with E-state index in [1.54, 1.807) is 4.31 Å². The molecule has 1 saturated heterocycles. The minimum Gasteiger partial charge on any atom is -0.352 e. The van der Waals surface area contributed by atoms with Crippen molar-refractivity contribution in [1.29, 1.82) is 0 Å². The number of benzene rings is 1. The molecule has 1 amide bonds. The Morgan fingerprint density at radius 1 is 1.19 bits per heavy atom. The number of nitrogens with one attached hydrogen (secondary N) is 1. The number of aryl methyl sites for hydroxylation is 1. The second-order valence-corrected chi connectivity index (χ2v) is 9.65. The minimum absolute atomic E-state index is 0.0324. The molecule has 1 aliphatic carbocycles. The molecule has 0 radical (unpaired) electrons. The highest BCUT2D eigenvalue weighted by Crippen LogP contribution is 2.23. The Labute approximate surface area is 162 Å². The van der Waals surface area contributed by atoms with E-state index in [1.807, 2.05) is 31.2 Å². The van der Waals surface area contributed by atoms with Crippen LogP contribution in [0.4, 0.5) is 0 Å². The molecule has 0 spiro atoms. The summed E-state index contributed by atoms with van der Waals surface area (Å²) < 4.78 is 27.0. The highest BCUT2D eigenvalue weighted by Gasteiger charge is 2.31. The van der Waals surface area contributed by atoms with Gasteiger partial charge in [0, 0.05) is 25.6 Å². The van der Waals surface area contributed by atoms with Gasteiger partial charge in [-0.2, -0.15) is 0 Å². The molecule has 0 bridgehead atoms. The Balaban J connectivity index is 1.49. The average Bonchev–Trinajstić information content (AvgIpc) is 2.69. The van der Waals surface area contributed by atoms with Crippen molar-refractivity contribution in [3.05, 3.63) is 47.0 Å². The largest absolute Gasteiger partial charge is 0.352 e. The lowest BCUT2D eigenvalue weighted by molar-refractivity contribution is -0.125. The molecule has 2 aliphatic rings. The van der Waals surface area contributed by atoms with Crippen LogP contribution in [0.25, 0.3) is 0 Å². The summed E-state index contributed by atoms with van der Waals surface area (Å²) in [5, 5.41) is 3.05. The fourth-order valence-electron chi connectivity index (χ4n) is 3.87. The highest BCUT2D eigenvalue weighted by molar-refractivity contribution is 7.88. The van der Waals surface area contributed by atoms with Crippen LogP contribution in [-0.4, -0.2) is 38.3 Å². The molecule has 5 nitrogen and oxygen atoms in total. The van der Waals surface area contributed by atoms with Crippen LogP contribution in [0.1, 0.15) is 49.7 Å². The van der Waals surface area contributed by atoms with E-state index >= 15 is 0 Å². The number of hydrogen-bond donors (Lipinski definition) is 1. The minimum atomic E-state index is -3.34. The molecular formula is C21H30N2O3S. The molecule has 0 atom stereocenters. The van der Waals surface area contributed by atoms with Crippen LogP contribution < -0.4 is 5.32 Å². The maximum absolute atomic E-state index is 12.7. The smallest absolute Gasteiger partial charge is 0.223 e. The second kappa shape index (κ2) is 9.02. The number of rotatable bonds is 6. The summed E-state index contributed by atoms with van der Waals surface area (Å²) in [4.78, 5) is 12.4. The number of amides is 1. The molecule has 1 N–H and O–H groups in total. The lowest BCUT2D eigenvalue weighted by Gasteiger charge is -2.31. The van der Waals surface area contributed by atoms with Crippen LogP contribution in [0.2, 0.25) is 0 Å². The van der Waals surface area contributed by atoms with Crippen molar-refractivity contribution in [3.8, 4) is 0 Å². The number of allylic oxidation sites excluding steroid dienone is 1. The molecule has 6 heteroatoms. The first-order valence-corrected chi connectivity index (χ1v) is 11.5. The van der Waals surface area contributed by atoms with Crippen LogP contribution in [0.5, 0.6) is 0 Å². The first-order chi connectivity index (χ1) is 13.0. The average molecular weight is 391 g/mol. The van der Waals surface area contributed by atoms with Crippen molar-refractivity contribution in [3.63, 3.8) is 0 Å². The summed E-state index contributed by atoms with van der Waals surface area (Å²) in [5.41, 5.74) is 3.17. The maximum Gasteiger partial charge on any atom is 0.223 e. The predicted octanol–water partition coefficient (Wildman–Crippen LogP) is 3.15. The number of sulfonamides is 1. The lowest BCUT2D eigenvalue weighted by atomic mass is 9.96. The summed E-state index contributed by atoms with van der Waals surface area (Å²) in [5.74, 6) is 0.0153. The number of hydrogen-bond acceptors (Lipinski definition) is 3. The molecule has 27 heavy (non-hydrogen) atoms. The Morgan fingerprint density at radius 2 is 1.93 bits per heavy atom. The fourth-order valence-corrected chi connectivity index (χ4v) is 5.53. The molecule has 0 unspecified atom stereocenters. The summed E-state index contributed by atoms with van der Waals surface area (Å²) >= 11 is 0. The molecule has 3 rings (SSSR count). The quantitative estimate of drug-likeness (QED) is 0.759. The Kier molecular flexibility index (Phi) is 6.71. The van der Waals surface area contributed by atoms with E-state index < -0.39 is 10.0 Å². The summed E-state index contributed by atoms with van der Waals surface area (Å²) in [7, 11) is -3.34. The molecule has 1 aromatic carbocycles. The van der Waals surface area contributed by atoms with Gasteiger partial charge in [0.2, 0.25) is 15.9 Å². The van der Waals surface area contributed by atoms with Crippen LogP contribution in [0, 0.1) is 12.8 Å². The van der Waals surface area contributed by atoms with Crippen molar-refractivity contribution in [2.24, 2.45) is 5.92 Å². The van der Waals surface area contributed by atoms with Crippen molar-refractivity contribution in [2.45, 2.75) is 51.2 Å². The monoisotopic (exact) mass is 390 g/mol. The molecular weight excluding hydrogens is 360 g/mol.